The van der Waals surface area contributed by atoms with Crippen LogP contribution in [0.25, 0.3) is 0 Å². The van der Waals surface area contributed by atoms with Gasteiger partial charge < -0.3 is 5.32 Å². The van der Waals surface area contributed by atoms with Crippen molar-refractivity contribution in [2.75, 3.05) is 5.32 Å². The second-order valence-corrected chi connectivity index (χ2v) is 6.69. The lowest BCUT2D eigenvalue weighted by Crippen LogP contribution is -2.28. The zero-order chi connectivity index (χ0) is 23.1. The van der Waals surface area contributed by atoms with Crippen LogP contribution in [0.4, 0.5) is 51.1 Å². The highest BCUT2D eigenvalue weighted by atomic mass is 19.4. The molecule has 0 atom stereocenters. The van der Waals surface area contributed by atoms with Gasteiger partial charge in [0.05, 0.1) is 16.8 Å². The predicted octanol–water partition coefficient (Wildman–Crippen LogP) is 5.70. The van der Waals surface area contributed by atoms with E-state index in [0.29, 0.717) is 4.57 Å². The Kier molecular flexibility index (Phi) is 6.15. The average Bonchev–Trinajstić information content (AvgIpc) is 2.54. The van der Waals surface area contributed by atoms with Crippen LogP contribution in [0.2, 0.25) is 0 Å². The van der Waals surface area contributed by atoms with Gasteiger partial charge in [-0.25, -0.2) is 4.98 Å². The van der Waals surface area contributed by atoms with Crippen molar-refractivity contribution in [2.24, 2.45) is 5.92 Å². The molecule has 0 unspecified atom stereocenters. The van der Waals surface area contributed by atoms with Crippen LogP contribution in [0.1, 0.15) is 30.7 Å². The minimum absolute atomic E-state index is 0.0922. The maximum Gasteiger partial charge on any atom is 0.433 e. The molecule has 4 nitrogen and oxygen atoms in total. The van der Waals surface area contributed by atoms with Crippen molar-refractivity contribution in [3.05, 3.63) is 51.4 Å². The molecule has 1 heterocycles. The smallest absolute Gasteiger partial charge is 0.325 e. The summed E-state index contributed by atoms with van der Waals surface area (Å²) in [7, 11) is 0. The third kappa shape index (κ3) is 5.45. The van der Waals surface area contributed by atoms with Gasteiger partial charge in [0.2, 0.25) is 5.95 Å². The maximum absolute atomic E-state index is 13.2. The molecule has 2 aromatic rings. The predicted molar refractivity (Wildman–Crippen MR) is 88.1 cm³/mol. The van der Waals surface area contributed by atoms with Crippen LogP contribution in [0.15, 0.2) is 29.1 Å². The summed E-state index contributed by atoms with van der Waals surface area (Å²) in [6.07, 6.45) is -15.2. The molecule has 0 bridgehead atoms. The second kappa shape index (κ2) is 7.84. The van der Waals surface area contributed by atoms with Crippen LogP contribution < -0.4 is 10.9 Å². The number of benzene rings is 1. The minimum atomic E-state index is -5.13. The Morgan fingerprint density at radius 2 is 1.53 bits per heavy atom. The first kappa shape index (κ1) is 23.5. The molecule has 13 heteroatoms. The minimum Gasteiger partial charge on any atom is -0.325 e. The standard InChI is InChI=1S/C17H14F9N3O/c1-8(2)7-29-13(30)6-12(17(24,25)26)28-14(29)27-11-5-9(15(18,19)20)3-4-10(11)16(21,22)23/h3-6,8H,7H2,1-2H3,(H,27,28). The second-order valence-electron chi connectivity index (χ2n) is 6.69. The Morgan fingerprint density at radius 3 is 2.00 bits per heavy atom. The van der Waals surface area contributed by atoms with E-state index in [2.05, 4.69) is 4.98 Å². The molecule has 0 radical (unpaired) electrons. The molecular formula is C17H14F9N3O. The first-order valence-electron chi connectivity index (χ1n) is 8.24. The summed E-state index contributed by atoms with van der Waals surface area (Å²) < 4.78 is 118. The summed E-state index contributed by atoms with van der Waals surface area (Å²) in [4.78, 5) is 15.3. The molecule has 0 aliphatic heterocycles. The molecule has 30 heavy (non-hydrogen) atoms. The number of nitrogens with zero attached hydrogens (tertiary/aromatic N) is 2. The summed E-state index contributed by atoms with van der Waals surface area (Å²) >= 11 is 0. The highest BCUT2D eigenvalue weighted by molar-refractivity contribution is 5.61. The summed E-state index contributed by atoms with van der Waals surface area (Å²) in [5.74, 6) is -1.31. The summed E-state index contributed by atoms with van der Waals surface area (Å²) in [6.45, 7) is 2.89. The van der Waals surface area contributed by atoms with E-state index in [1.54, 1.807) is 13.8 Å². The topological polar surface area (TPSA) is 46.9 Å². The monoisotopic (exact) mass is 447 g/mol. The van der Waals surface area contributed by atoms with Gasteiger partial charge in [0.25, 0.3) is 5.56 Å². The number of alkyl halides is 9. The fourth-order valence-electron chi connectivity index (χ4n) is 2.48. The number of aromatic nitrogens is 2. The lowest BCUT2D eigenvalue weighted by molar-refractivity contribution is -0.141. The number of nitrogens with one attached hydrogen (secondary N) is 1. The van der Waals surface area contributed by atoms with Gasteiger partial charge in [0.1, 0.15) is 0 Å². The summed E-state index contributed by atoms with van der Waals surface area (Å²) in [5.41, 5.74) is -7.16. The third-order valence-electron chi connectivity index (χ3n) is 3.75. The first-order chi connectivity index (χ1) is 13.5. The van der Waals surface area contributed by atoms with E-state index in [9.17, 15) is 44.3 Å². The van der Waals surface area contributed by atoms with E-state index in [1.807, 2.05) is 5.32 Å². The molecular weight excluding hydrogens is 433 g/mol. The van der Waals surface area contributed by atoms with Crippen molar-refractivity contribution < 1.29 is 39.5 Å². The number of hydrogen-bond acceptors (Lipinski definition) is 3. The Hall–Kier alpha value is -2.73. The van der Waals surface area contributed by atoms with Crippen molar-refractivity contribution in [3.8, 4) is 0 Å². The Balaban J connectivity index is 2.73. The fraction of sp³-hybridized carbons (Fsp3) is 0.412. The van der Waals surface area contributed by atoms with Crippen molar-refractivity contribution >= 4 is 11.6 Å². The van der Waals surface area contributed by atoms with Gasteiger partial charge in [-0.3, -0.25) is 9.36 Å². The van der Waals surface area contributed by atoms with E-state index in [4.69, 9.17) is 0 Å². The molecule has 1 aromatic carbocycles. The molecule has 0 saturated heterocycles. The quantitative estimate of drug-likeness (QED) is 0.612. The van der Waals surface area contributed by atoms with E-state index in [0.717, 1.165) is 0 Å². The Labute approximate surface area is 163 Å². The molecule has 0 aliphatic carbocycles. The lowest BCUT2D eigenvalue weighted by Gasteiger charge is -2.20. The molecule has 0 saturated carbocycles. The molecule has 166 valence electrons. The van der Waals surface area contributed by atoms with Gasteiger partial charge in [-0.15, -0.1) is 0 Å². The first-order valence-corrected chi connectivity index (χ1v) is 8.24. The van der Waals surface area contributed by atoms with Crippen LogP contribution in [0.3, 0.4) is 0 Å². The zero-order valence-corrected chi connectivity index (χ0v) is 15.3. The van der Waals surface area contributed by atoms with Crippen molar-refractivity contribution in [1.82, 2.24) is 9.55 Å². The number of anilines is 2. The van der Waals surface area contributed by atoms with Crippen LogP contribution in [-0.4, -0.2) is 9.55 Å². The Bertz CT molecular complexity index is 972. The zero-order valence-electron chi connectivity index (χ0n) is 15.3. The van der Waals surface area contributed by atoms with Crippen LogP contribution in [0, 0.1) is 5.92 Å². The van der Waals surface area contributed by atoms with E-state index < -0.39 is 52.5 Å². The molecule has 1 N–H and O–H groups in total. The molecule has 2 rings (SSSR count). The van der Waals surface area contributed by atoms with Gasteiger partial charge in [-0.1, -0.05) is 13.8 Å². The maximum atomic E-state index is 13.2. The van der Waals surface area contributed by atoms with E-state index in [-0.39, 0.29) is 36.7 Å². The third-order valence-corrected chi connectivity index (χ3v) is 3.75. The molecule has 0 amide bonds. The van der Waals surface area contributed by atoms with E-state index in [1.165, 1.54) is 0 Å². The van der Waals surface area contributed by atoms with E-state index >= 15 is 0 Å². The van der Waals surface area contributed by atoms with Gasteiger partial charge in [-0.2, -0.15) is 39.5 Å². The highest BCUT2D eigenvalue weighted by Crippen LogP contribution is 2.40. The van der Waals surface area contributed by atoms with Crippen LogP contribution in [-0.2, 0) is 25.1 Å². The van der Waals surface area contributed by atoms with Gasteiger partial charge in [0, 0.05) is 12.6 Å². The van der Waals surface area contributed by atoms with Crippen molar-refractivity contribution in [2.45, 2.75) is 38.9 Å². The fourth-order valence-corrected chi connectivity index (χ4v) is 2.48. The number of rotatable bonds is 4. The molecule has 0 fully saturated rings. The lowest BCUT2D eigenvalue weighted by atomic mass is 10.1. The van der Waals surface area contributed by atoms with Gasteiger partial charge in [-0.05, 0) is 24.1 Å². The van der Waals surface area contributed by atoms with Gasteiger partial charge >= 0.3 is 18.5 Å². The average molecular weight is 447 g/mol. The van der Waals surface area contributed by atoms with Crippen LogP contribution in [0.5, 0.6) is 0 Å². The summed E-state index contributed by atoms with van der Waals surface area (Å²) in [6, 6.07) is 0.581. The van der Waals surface area contributed by atoms with Crippen molar-refractivity contribution in [1.29, 1.82) is 0 Å². The Morgan fingerprint density at radius 1 is 0.933 bits per heavy atom. The number of hydrogen-bond donors (Lipinski definition) is 1. The largest absolute Gasteiger partial charge is 0.433 e. The highest BCUT2D eigenvalue weighted by Gasteiger charge is 2.38. The van der Waals surface area contributed by atoms with Crippen LogP contribution >= 0.6 is 0 Å². The number of halogens is 9. The SMILES string of the molecule is CC(C)Cn1c(Nc2cc(C(F)(F)F)ccc2C(F)(F)F)nc(C(F)(F)F)cc1=O. The molecule has 0 spiro atoms. The normalized spacial score (nSPS) is 13.1. The molecule has 1 aromatic heterocycles. The van der Waals surface area contributed by atoms with Gasteiger partial charge in [0.15, 0.2) is 5.69 Å². The summed E-state index contributed by atoms with van der Waals surface area (Å²) in [5, 5.41) is 1.85. The molecule has 0 aliphatic rings. The van der Waals surface area contributed by atoms with Crippen molar-refractivity contribution in [3.63, 3.8) is 0 Å².